The summed E-state index contributed by atoms with van der Waals surface area (Å²) < 4.78 is 36.9. The zero-order valence-electron chi connectivity index (χ0n) is 8.77. The average Bonchev–Trinajstić information content (AvgIpc) is 2.40. The number of benzene rings is 1. The van der Waals surface area contributed by atoms with Crippen LogP contribution in [0.25, 0.3) is 6.08 Å². The third kappa shape index (κ3) is 1.76. The van der Waals surface area contributed by atoms with Gasteiger partial charge in [0.1, 0.15) is 5.82 Å². The van der Waals surface area contributed by atoms with E-state index in [0.717, 1.165) is 6.07 Å². The Balaban J connectivity index is 2.52. The lowest BCUT2D eigenvalue weighted by molar-refractivity contribution is 0.594. The SMILES string of the molecule is CC(N)CC1=Cc2ccc(F)cc2S1(=O)=O. The summed E-state index contributed by atoms with van der Waals surface area (Å²) in [6.07, 6.45) is 1.84. The molecule has 3 nitrogen and oxygen atoms in total. The molecule has 0 spiro atoms. The van der Waals surface area contributed by atoms with Crippen molar-refractivity contribution in [3.8, 4) is 0 Å². The summed E-state index contributed by atoms with van der Waals surface area (Å²) in [6, 6.07) is 3.53. The average molecular weight is 241 g/mol. The number of nitrogens with two attached hydrogens (primary N) is 1. The Bertz CT molecular complexity index is 561. The van der Waals surface area contributed by atoms with Crippen molar-refractivity contribution in [3.63, 3.8) is 0 Å². The quantitative estimate of drug-likeness (QED) is 0.857. The van der Waals surface area contributed by atoms with Crippen molar-refractivity contribution < 1.29 is 12.8 Å². The van der Waals surface area contributed by atoms with E-state index >= 15 is 0 Å². The van der Waals surface area contributed by atoms with Crippen molar-refractivity contribution in [2.45, 2.75) is 24.3 Å². The van der Waals surface area contributed by atoms with Crippen LogP contribution in [0.5, 0.6) is 0 Å². The predicted molar refractivity (Wildman–Crippen MR) is 59.8 cm³/mol. The fraction of sp³-hybridized carbons (Fsp3) is 0.273. The van der Waals surface area contributed by atoms with Gasteiger partial charge in [-0.25, -0.2) is 12.8 Å². The predicted octanol–water partition coefficient (Wildman–Crippen LogP) is 1.69. The second-order valence-corrected chi connectivity index (χ2v) is 5.95. The topological polar surface area (TPSA) is 60.2 Å². The summed E-state index contributed by atoms with van der Waals surface area (Å²) in [5.41, 5.74) is 6.12. The molecule has 0 saturated carbocycles. The minimum atomic E-state index is -3.52. The molecule has 0 bridgehead atoms. The summed E-state index contributed by atoms with van der Waals surface area (Å²) in [7, 11) is -3.52. The van der Waals surface area contributed by atoms with Crippen LogP contribution in [0.4, 0.5) is 4.39 Å². The van der Waals surface area contributed by atoms with Gasteiger partial charge in [0, 0.05) is 6.04 Å². The van der Waals surface area contributed by atoms with E-state index in [-0.39, 0.29) is 22.3 Å². The first-order chi connectivity index (χ1) is 7.41. The van der Waals surface area contributed by atoms with E-state index in [1.165, 1.54) is 12.1 Å². The van der Waals surface area contributed by atoms with Gasteiger partial charge in [-0.15, -0.1) is 0 Å². The molecule has 0 amide bonds. The molecule has 0 radical (unpaired) electrons. The fourth-order valence-corrected chi connectivity index (χ4v) is 3.49. The lowest BCUT2D eigenvalue weighted by Gasteiger charge is -2.06. The maximum Gasteiger partial charge on any atom is 0.203 e. The molecule has 1 atom stereocenters. The summed E-state index contributed by atoms with van der Waals surface area (Å²) in [4.78, 5) is 0.311. The molecule has 2 N–H and O–H groups in total. The van der Waals surface area contributed by atoms with Crippen molar-refractivity contribution in [1.29, 1.82) is 0 Å². The molecule has 1 aromatic carbocycles. The minimum absolute atomic E-state index is 0.0446. The van der Waals surface area contributed by atoms with Gasteiger partial charge in [-0.05, 0) is 37.1 Å². The van der Waals surface area contributed by atoms with Crippen LogP contribution in [0.1, 0.15) is 18.9 Å². The first-order valence-electron chi connectivity index (χ1n) is 4.92. The number of halogens is 1. The highest BCUT2D eigenvalue weighted by molar-refractivity contribution is 7.95. The molecule has 5 heteroatoms. The van der Waals surface area contributed by atoms with E-state index in [1.807, 2.05) is 0 Å². The van der Waals surface area contributed by atoms with Crippen LogP contribution in [-0.2, 0) is 9.84 Å². The number of sulfone groups is 1. The van der Waals surface area contributed by atoms with Gasteiger partial charge in [0.25, 0.3) is 0 Å². The number of rotatable bonds is 2. The van der Waals surface area contributed by atoms with Gasteiger partial charge < -0.3 is 5.73 Å². The monoisotopic (exact) mass is 241 g/mol. The van der Waals surface area contributed by atoms with Crippen LogP contribution in [0.3, 0.4) is 0 Å². The molecule has 1 aliphatic heterocycles. The Morgan fingerprint density at radius 1 is 1.44 bits per heavy atom. The molecule has 0 aromatic heterocycles. The summed E-state index contributed by atoms with van der Waals surface area (Å²) in [5, 5.41) is 0. The van der Waals surface area contributed by atoms with E-state index in [1.54, 1.807) is 13.0 Å². The highest BCUT2D eigenvalue weighted by atomic mass is 32.2. The van der Waals surface area contributed by atoms with Gasteiger partial charge in [0.2, 0.25) is 9.84 Å². The summed E-state index contributed by atoms with van der Waals surface area (Å²) in [5.74, 6) is -0.544. The van der Waals surface area contributed by atoms with Gasteiger partial charge in [-0.2, -0.15) is 0 Å². The minimum Gasteiger partial charge on any atom is -0.328 e. The van der Waals surface area contributed by atoms with Crippen LogP contribution in [0.15, 0.2) is 28.0 Å². The Morgan fingerprint density at radius 3 is 2.75 bits per heavy atom. The Kier molecular flexibility index (Phi) is 2.59. The first kappa shape index (κ1) is 11.3. The smallest absolute Gasteiger partial charge is 0.203 e. The third-order valence-electron chi connectivity index (χ3n) is 2.45. The van der Waals surface area contributed by atoms with Gasteiger partial charge in [-0.3, -0.25) is 0 Å². The first-order valence-corrected chi connectivity index (χ1v) is 6.40. The molecule has 2 rings (SSSR count). The van der Waals surface area contributed by atoms with E-state index in [0.29, 0.717) is 5.56 Å². The Morgan fingerprint density at radius 2 is 2.12 bits per heavy atom. The molecule has 16 heavy (non-hydrogen) atoms. The van der Waals surface area contributed by atoms with E-state index in [9.17, 15) is 12.8 Å². The fourth-order valence-electron chi connectivity index (χ4n) is 1.74. The molecule has 0 aliphatic carbocycles. The van der Waals surface area contributed by atoms with E-state index < -0.39 is 15.7 Å². The van der Waals surface area contributed by atoms with Gasteiger partial charge in [0.15, 0.2) is 0 Å². The van der Waals surface area contributed by atoms with Crippen LogP contribution < -0.4 is 5.73 Å². The van der Waals surface area contributed by atoms with Gasteiger partial charge in [-0.1, -0.05) is 6.07 Å². The lowest BCUT2D eigenvalue weighted by Crippen LogP contribution is -2.17. The van der Waals surface area contributed by atoms with Crippen molar-refractivity contribution in [2.24, 2.45) is 5.73 Å². The third-order valence-corrected chi connectivity index (χ3v) is 4.36. The Labute approximate surface area is 93.7 Å². The number of hydrogen-bond acceptors (Lipinski definition) is 3. The van der Waals surface area contributed by atoms with Crippen LogP contribution in [0, 0.1) is 5.82 Å². The van der Waals surface area contributed by atoms with Gasteiger partial charge >= 0.3 is 0 Å². The standard InChI is InChI=1S/C11H12FNO2S/c1-7(13)4-10-5-8-2-3-9(12)6-11(8)16(10,14)15/h2-3,5-7H,4,13H2,1H3. The zero-order valence-corrected chi connectivity index (χ0v) is 9.59. The summed E-state index contributed by atoms with van der Waals surface area (Å²) in [6.45, 7) is 1.74. The number of hydrogen-bond donors (Lipinski definition) is 1. The molecule has 0 fully saturated rings. The zero-order chi connectivity index (χ0) is 11.9. The highest BCUT2D eigenvalue weighted by Gasteiger charge is 2.30. The second-order valence-electron chi connectivity index (χ2n) is 3.98. The van der Waals surface area contributed by atoms with E-state index in [2.05, 4.69) is 0 Å². The molecule has 1 aromatic rings. The normalized spacial score (nSPS) is 19.1. The molecule has 0 saturated heterocycles. The molecule has 1 heterocycles. The molecular formula is C11H12FNO2S. The maximum atomic E-state index is 13.0. The van der Waals surface area contributed by atoms with Crippen molar-refractivity contribution in [2.75, 3.05) is 0 Å². The maximum absolute atomic E-state index is 13.0. The Hall–Kier alpha value is -1.20. The highest BCUT2D eigenvalue weighted by Crippen LogP contribution is 2.35. The van der Waals surface area contributed by atoms with Crippen LogP contribution in [0.2, 0.25) is 0 Å². The molecule has 86 valence electrons. The van der Waals surface area contributed by atoms with Crippen molar-refractivity contribution in [1.82, 2.24) is 0 Å². The largest absolute Gasteiger partial charge is 0.328 e. The lowest BCUT2D eigenvalue weighted by atomic mass is 10.1. The summed E-state index contributed by atoms with van der Waals surface area (Å²) >= 11 is 0. The number of fused-ring (bicyclic) bond motifs is 1. The van der Waals surface area contributed by atoms with Gasteiger partial charge in [0.05, 0.1) is 9.80 Å². The second kappa shape index (κ2) is 3.68. The van der Waals surface area contributed by atoms with Crippen molar-refractivity contribution >= 4 is 15.9 Å². The van der Waals surface area contributed by atoms with Crippen LogP contribution in [-0.4, -0.2) is 14.5 Å². The van der Waals surface area contributed by atoms with Crippen molar-refractivity contribution in [3.05, 3.63) is 34.5 Å². The molecule has 1 unspecified atom stereocenters. The molecular weight excluding hydrogens is 229 g/mol. The molecule has 1 aliphatic rings. The van der Waals surface area contributed by atoms with E-state index in [4.69, 9.17) is 5.73 Å². The van der Waals surface area contributed by atoms with Crippen LogP contribution >= 0.6 is 0 Å².